The molecule has 0 bridgehead atoms. The number of nitrogen functional groups attached to an aromatic ring is 1. The predicted octanol–water partition coefficient (Wildman–Crippen LogP) is 2.54. The van der Waals surface area contributed by atoms with Gasteiger partial charge in [-0.15, -0.1) is 0 Å². The van der Waals surface area contributed by atoms with Gasteiger partial charge in [-0.3, -0.25) is 9.69 Å². The van der Waals surface area contributed by atoms with Crippen LogP contribution in [0.15, 0.2) is 0 Å². The highest BCUT2D eigenvalue weighted by atomic mass is 16.5. The molecule has 196 valence electrons. The summed E-state index contributed by atoms with van der Waals surface area (Å²) in [6.07, 6.45) is 7.71. The maximum absolute atomic E-state index is 13.1. The van der Waals surface area contributed by atoms with Crippen LogP contribution in [0.3, 0.4) is 0 Å². The molecular weight excluding hydrogens is 456 g/mol. The van der Waals surface area contributed by atoms with Gasteiger partial charge in [0, 0.05) is 31.7 Å². The summed E-state index contributed by atoms with van der Waals surface area (Å²) in [7, 11) is 2.11. The number of rotatable bonds is 11. The molecule has 1 amide bonds. The topological polar surface area (TPSA) is 127 Å². The summed E-state index contributed by atoms with van der Waals surface area (Å²) >= 11 is 0. The van der Waals surface area contributed by atoms with Gasteiger partial charge in [0.25, 0.3) is 0 Å². The Kier molecular flexibility index (Phi) is 8.99. The van der Waals surface area contributed by atoms with Gasteiger partial charge < -0.3 is 25.3 Å². The van der Waals surface area contributed by atoms with E-state index in [1.54, 1.807) is 0 Å². The summed E-state index contributed by atoms with van der Waals surface area (Å²) in [5.74, 6) is 0.617. The van der Waals surface area contributed by atoms with Crippen LogP contribution in [-0.4, -0.2) is 94.5 Å². The van der Waals surface area contributed by atoms with Gasteiger partial charge in [0.05, 0.1) is 12.6 Å². The Balaban J connectivity index is 1.30. The zero-order valence-corrected chi connectivity index (χ0v) is 21.8. The van der Waals surface area contributed by atoms with Crippen LogP contribution >= 0.6 is 0 Å². The number of piperazine rings is 1. The normalized spacial score (nSPS) is 19.1. The second-order valence-electron chi connectivity index (χ2n) is 10.0. The molecule has 2 saturated heterocycles. The Bertz CT molecular complexity index is 1070. The van der Waals surface area contributed by atoms with Crippen LogP contribution in [0, 0.1) is 11.3 Å². The molecule has 0 aliphatic carbocycles. The van der Waals surface area contributed by atoms with Crippen molar-refractivity contribution in [1.82, 2.24) is 29.7 Å². The number of likely N-dealkylation sites (tertiary alicyclic amines) is 1. The molecule has 2 fully saturated rings. The van der Waals surface area contributed by atoms with Crippen molar-refractivity contribution in [2.75, 3.05) is 58.7 Å². The number of nitriles is 1. The van der Waals surface area contributed by atoms with Crippen LogP contribution in [0.2, 0.25) is 0 Å². The lowest BCUT2D eigenvalue weighted by Crippen LogP contribution is -2.52. The lowest BCUT2D eigenvalue weighted by atomic mass is 10.1. The van der Waals surface area contributed by atoms with Gasteiger partial charge in [-0.05, 0) is 58.7 Å². The lowest BCUT2D eigenvalue weighted by Gasteiger charge is -2.35. The SMILES string of the molecule is CCCCOc1nc(N)c2[nH]c(C#N)c(CCCCCN3CCCC3C(=O)N3CCN(C)CC3)c2n1. The molecule has 4 rings (SSSR count). The number of aromatic nitrogens is 3. The Morgan fingerprint density at radius 1 is 1.17 bits per heavy atom. The van der Waals surface area contributed by atoms with Crippen LogP contribution in [-0.2, 0) is 11.2 Å². The molecule has 0 radical (unpaired) electrons. The van der Waals surface area contributed by atoms with Crippen molar-refractivity contribution in [3.63, 3.8) is 0 Å². The van der Waals surface area contributed by atoms with E-state index in [4.69, 9.17) is 10.5 Å². The Labute approximate surface area is 213 Å². The number of carbonyl (C=O) groups excluding carboxylic acids is 1. The van der Waals surface area contributed by atoms with Crippen LogP contribution in [0.25, 0.3) is 11.0 Å². The molecule has 1 unspecified atom stereocenters. The van der Waals surface area contributed by atoms with E-state index in [-0.39, 0.29) is 12.1 Å². The van der Waals surface area contributed by atoms with Gasteiger partial charge >= 0.3 is 6.01 Å². The zero-order chi connectivity index (χ0) is 25.5. The van der Waals surface area contributed by atoms with E-state index in [1.807, 2.05) is 0 Å². The summed E-state index contributed by atoms with van der Waals surface area (Å²) in [5, 5.41) is 9.66. The number of unbranched alkanes of at least 4 members (excludes halogenated alkanes) is 3. The third-order valence-corrected chi connectivity index (χ3v) is 7.43. The summed E-state index contributed by atoms with van der Waals surface area (Å²) in [6.45, 7) is 8.17. The summed E-state index contributed by atoms with van der Waals surface area (Å²) < 4.78 is 5.67. The largest absolute Gasteiger partial charge is 0.463 e. The first-order chi connectivity index (χ1) is 17.5. The fourth-order valence-electron chi connectivity index (χ4n) is 5.23. The van der Waals surface area contributed by atoms with E-state index in [0.717, 1.165) is 96.2 Å². The smallest absolute Gasteiger partial charge is 0.319 e. The number of anilines is 1. The minimum Gasteiger partial charge on any atom is -0.463 e. The Morgan fingerprint density at radius 2 is 1.97 bits per heavy atom. The van der Waals surface area contributed by atoms with E-state index >= 15 is 0 Å². The van der Waals surface area contributed by atoms with E-state index in [0.29, 0.717) is 35.1 Å². The number of aromatic amines is 1. The van der Waals surface area contributed by atoms with Crippen LogP contribution in [0.4, 0.5) is 5.82 Å². The van der Waals surface area contributed by atoms with Crippen molar-refractivity contribution < 1.29 is 9.53 Å². The summed E-state index contributed by atoms with van der Waals surface area (Å²) in [5.41, 5.74) is 8.79. The molecule has 2 aliphatic heterocycles. The monoisotopic (exact) mass is 496 g/mol. The lowest BCUT2D eigenvalue weighted by molar-refractivity contribution is -0.137. The molecule has 1 atom stereocenters. The second-order valence-corrected chi connectivity index (χ2v) is 10.0. The molecule has 2 aromatic heterocycles. The zero-order valence-electron chi connectivity index (χ0n) is 21.8. The van der Waals surface area contributed by atoms with E-state index in [9.17, 15) is 10.1 Å². The summed E-state index contributed by atoms with van der Waals surface area (Å²) in [4.78, 5) is 31.7. The van der Waals surface area contributed by atoms with Gasteiger partial charge in [0.1, 0.15) is 22.8 Å². The first-order valence-corrected chi connectivity index (χ1v) is 13.4. The van der Waals surface area contributed by atoms with Crippen LogP contribution in [0.1, 0.15) is 63.1 Å². The minimum absolute atomic E-state index is 0.0398. The fraction of sp³-hybridized carbons (Fsp3) is 0.692. The highest BCUT2D eigenvalue weighted by molar-refractivity contribution is 5.89. The molecule has 36 heavy (non-hydrogen) atoms. The van der Waals surface area contributed by atoms with Gasteiger partial charge in [-0.2, -0.15) is 15.2 Å². The number of nitrogens with zero attached hydrogens (tertiary/aromatic N) is 6. The number of likely N-dealkylation sites (N-methyl/N-ethyl adjacent to an activating group) is 1. The standard InChI is InChI=1S/C26H40N8O2/c1-3-4-17-36-26-30-22-19(20(18-27)29-23(22)24(28)31-26)9-6-5-7-11-33-12-8-10-21(33)25(35)34-15-13-32(2)14-16-34/h21,29H,3-17H2,1-2H3,(H2,28,30,31). The van der Waals surface area contributed by atoms with Gasteiger partial charge in [0.2, 0.25) is 5.91 Å². The number of aryl methyl sites for hydroxylation is 1. The average Bonchev–Trinajstić information content (AvgIpc) is 3.49. The number of fused-ring (bicyclic) bond motifs is 1. The average molecular weight is 497 g/mol. The molecule has 0 aromatic carbocycles. The molecule has 3 N–H and O–H groups in total. The molecule has 2 aromatic rings. The number of amides is 1. The van der Waals surface area contributed by atoms with Crippen molar-refractivity contribution in [2.24, 2.45) is 0 Å². The first kappa shape index (κ1) is 26.2. The molecule has 2 aliphatic rings. The number of nitrogens with one attached hydrogen (secondary N) is 1. The number of hydrogen-bond acceptors (Lipinski definition) is 8. The second kappa shape index (κ2) is 12.4. The Hall–Kier alpha value is -2.90. The summed E-state index contributed by atoms with van der Waals surface area (Å²) in [6, 6.07) is 2.56. The number of ether oxygens (including phenoxy) is 1. The number of hydrogen-bond donors (Lipinski definition) is 2. The van der Waals surface area contributed by atoms with Gasteiger partial charge in [-0.25, -0.2) is 0 Å². The Morgan fingerprint density at radius 3 is 2.72 bits per heavy atom. The van der Waals surface area contributed by atoms with Gasteiger partial charge in [-0.1, -0.05) is 19.8 Å². The molecule has 0 spiro atoms. The molecular formula is C26H40N8O2. The minimum atomic E-state index is 0.0398. The van der Waals surface area contributed by atoms with Crippen molar-refractivity contribution in [3.05, 3.63) is 11.3 Å². The number of H-pyrrole nitrogens is 1. The number of nitrogens with two attached hydrogens (primary N) is 1. The molecule has 0 saturated carbocycles. The van der Waals surface area contributed by atoms with Gasteiger partial charge in [0.15, 0.2) is 5.82 Å². The third kappa shape index (κ3) is 6.08. The van der Waals surface area contributed by atoms with E-state index in [1.165, 1.54) is 0 Å². The highest BCUT2D eigenvalue weighted by Crippen LogP contribution is 2.28. The van der Waals surface area contributed by atoms with Crippen LogP contribution < -0.4 is 10.5 Å². The third-order valence-electron chi connectivity index (χ3n) is 7.43. The van der Waals surface area contributed by atoms with Crippen molar-refractivity contribution >= 4 is 22.8 Å². The number of carbonyl (C=O) groups is 1. The molecule has 10 nitrogen and oxygen atoms in total. The van der Waals surface area contributed by atoms with Crippen molar-refractivity contribution in [2.45, 2.75) is 64.3 Å². The molecule has 10 heteroatoms. The maximum Gasteiger partial charge on any atom is 0.319 e. The van der Waals surface area contributed by atoms with Crippen molar-refractivity contribution in [1.29, 1.82) is 5.26 Å². The first-order valence-electron chi connectivity index (χ1n) is 13.4. The van der Waals surface area contributed by atoms with Crippen LogP contribution in [0.5, 0.6) is 6.01 Å². The van der Waals surface area contributed by atoms with Crippen molar-refractivity contribution in [3.8, 4) is 12.1 Å². The van der Waals surface area contributed by atoms with E-state index < -0.39 is 0 Å². The van der Waals surface area contributed by atoms with E-state index in [2.05, 4.69) is 49.7 Å². The fourth-order valence-corrected chi connectivity index (χ4v) is 5.23. The highest BCUT2D eigenvalue weighted by Gasteiger charge is 2.34. The maximum atomic E-state index is 13.1. The quantitative estimate of drug-likeness (QED) is 0.454. The predicted molar refractivity (Wildman–Crippen MR) is 140 cm³/mol. The molecule has 4 heterocycles.